The molecule has 3 aromatic rings. The van der Waals surface area contributed by atoms with E-state index in [2.05, 4.69) is 63.3 Å². The summed E-state index contributed by atoms with van der Waals surface area (Å²) in [6.45, 7) is 6.79. The predicted molar refractivity (Wildman–Crippen MR) is 127 cm³/mol. The summed E-state index contributed by atoms with van der Waals surface area (Å²) >= 11 is 0. The van der Waals surface area contributed by atoms with Gasteiger partial charge < -0.3 is 20.3 Å². The van der Waals surface area contributed by atoms with E-state index < -0.39 is 0 Å². The zero-order valence-electron chi connectivity index (χ0n) is 18.3. The molecule has 1 aliphatic heterocycles. The molecule has 1 saturated heterocycles. The number of anilines is 1. The minimum absolute atomic E-state index is 0.520. The van der Waals surface area contributed by atoms with Crippen LogP contribution in [0.25, 0.3) is 11.3 Å². The molecule has 0 aliphatic carbocycles. The molecule has 4 rings (SSSR count). The van der Waals surface area contributed by atoms with E-state index in [4.69, 9.17) is 10.5 Å². The summed E-state index contributed by atoms with van der Waals surface area (Å²) in [5.74, 6) is 1.37. The van der Waals surface area contributed by atoms with Crippen molar-refractivity contribution in [1.29, 1.82) is 0 Å². The molecule has 0 amide bonds. The first-order chi connectivity index (χ1) is 15.2. The molecule has 1 aromatic heterocycles. The highest BCUT2D eigenvalue weighted by Gasteiger charge is 2.17. The highest BCUT2D eigenvalue weighted by Crippen LogP contribution is 2.30. The van der Waals surface area contributed by atoms with Crippen LogP contribution in [0.5, 0.6) is 5.75 Å². The Labute approximate surface area is 185 Å². The molecular weight excluding hydrogens is 384 g/mol. The molecule has 0 saturated carbocycles. The lowest BCUT2D eigenvalue weighted by atomic mass is 10.0. The number of ether oxygens (including phenoxy) is 1. The van der Waals surface area contributed by atoms with Crippen molar-refractivity contribution >= 4 is 5.82 Å². The van der Waals surface area contributed by atoms with E-state index in [-0.39, 0.29) is 0 Å². The van der Waals surface area contributed by atoms with E-state index in [1.54, 1.807) is 13.2 Å². The van der Waals surface area contributed by atoms with Gasteiger partial charge in [0, 0.05) is 44.8 Å². The summed E-state index contributed by atoms with van der Waals surface area (Å²) in [6, 6.07) is 22.9. The summed E-state index contributed by atoms with van der Waals surface area (Å²) in [7, 11) is 1.71. The Balaban J connectivity index is 1.27. The van der Waals surface area contributed by atoms with Crippen LogP contribution in [0.3, 0.4) is 0 Å². The van der Waals surface area contributed by atoms with Gasteiger partial charge in [0.15, 0.2) is 0 Å². The Kier molecular flexibility index (Phi) is 7.18. The molecule has 0 bridgehead atoms. The quantitative estimate of drug-likeness (QED) is 0.606. The largest absolute Gasteiger partial charge is 0.496 e. The van der Waals surface area contributed by atoms with Gasteiger partial charge >= 0.3 is 0 Å². The number of pyridine rings is 1. The van der Waals surface area contributed by atoms with E-state index in [1.165, 1.54) is 11.1 Å². The van der Waals surface area contributed by atoms with Crippen LogP contribution in [0.1, 0.15) is 11.1 Å². The SMILES string of the molecule is COc1cc(CCN2CCN(CCc3ccccc3)CC2)ccc1-c1cccc(N)n1. The maximum absolute atomic E-state index is 5.85. The van der Waals surface area contributed by atoms with Gasteiger partial charge in [0.2, 0.25) is 0 Å². The first kappa shape index (κ1) is 21.3. The molecule has 1 aliphatic rings. The summed E-state index contributed by atoms with van der Waals surface area (Å²) < 4.78 is 5.65. The number of aromatic nitrogens is 1. The van der Waals surface area contributed by atoms with Crippen molar-refractivity contribution in [2.75, 3.05) is 52.1 Å². The van der Waals surface area contributed by atoms with Gasteiger partial charge in [0.1, 0.15) is 11.6 Å². The minimum Gasteiger partial charge on any atom is -0.496 e. The number of hydrogen-bond donors (Lipinski definition) is 1. The van der Waals surface area contributed by atoms with Gasteiger partial charge in [0.25, 0.3) is 0 Å². The Morgan fingerprint density at radius 1 is 0.806 bits per heavy atom. The van der Waals surface area contributed by atoms with Crippen LogP contribution in [0.4, 0.5) is 5.82 Å². The average Bonchev–Trinajstić information content (AvgIpc) is 2.82. The third kappa shape index (κ3) is 5.84. The molecule has 162 valence electrons. The maximum atomic E-state index is 5.85. The maximum Gasteiger partial charge on any atom is 0.128 e. The zero-order valence-corrected chi connectivity index (χ0v) is 18.3. The Hall–Kier alpha value is -2.89. The van der Waals surface area contributed by atoms with Gasteiger partial charge in [-0.05, 0) is 48.2 Å². The Morgan fingerprint density at radius 2 is 1.48 bits per heavy atom. The van der Waals surface area contributed by atoms with Crippen molar-refractivity contribution in [2.24, 2.45) is 0 Å². The number of methoxy groups -OCH3 is 1. The van der Waals surface area contributed by atoms with Gasteiger partial charge in [-0.1, -0.05) is 42.5 Å². The predicted octanol–water partition coefficient (Wildman–Crippen LogP) is 3.74. The molecule has 5 heteroatoms. The lowest BCUT2D eigenvalue weighted by Crippen LogP contribution is -2.47. The summed E-state index contributed by atoms with van der Waals surface area (Å²) in [5.41, 5.74) is 10.4. The fourth-order valence-corrected chi connectivity index (χ4v) is 4.16. The van der Waals surface area contributed by atoms with E-state index >= 15 is 0 Å². The molecule has 0 unspecified atom stereocenters. The monoisotopic (exact) mass is 416 g/mol. The molecule has 2 N–H and O–H groups in total. The summed E-state index contributed by atoms with van der Waals surface area (Å²) in [6.07, 6.45) is 2.15. The minimum atomic E-state index is 0.520. The number of nitrogen functional groups attached to an aromatic ring is 1. The highest BCUT2D eigenvalue weighted by atomic mass is 16.5. The van der Waals surface area contributed by atoms with Crippen LogP contribution >= 0.6 is 0 Å². The van der Waals surface area contributed by atoms with Gasteiger partial charge in [-0.15, -0.1) is 0 Å². The molecule has 2 heterocycles. The van der Waals surface area contributed by atoms with Crippen molar-refractivity contribution in [3.8, 4) is 17.0 Å². The van der Waals surface area contributed by atoms with Gasteiger partial charge in [-0.2, -0.15) is 0 Å². The van der Waals surface area contributed by atoms with Crippen molar-refractivity contribution < 1.29 is 4.74 Å². The van der Waals surface area contributed by atoms with Crippen molar-refractivity contribution in [3.63, 3.8) is 0 Å². The number of hydrogen-bond acceptors (Lipinski definition) is 5. The molecule has 0 spiro atoms. The lowest BCUT2D eigenvalue weighted by Gasteiger charge is -2.34. The number of nitrogens with two attached hydrogens (primary N) is 1. The lowest BCUT2D eigenvalue weighted by molar-refractivity contribution is 0.134. The fourth-order valence-electron chi connectivity index (χ4n) is 4.16. The van der Waals surface area contributed by atoms with Crippen LogP contribution in [0, 0.1) is 0 Å². The molecular formula is C26H32N4O. The van der Waals surface area contributed by atoms with E-state index in [1.807, 2.05) is 12.1 Å². The van der Waals surface area contributed by atoms with Crippen LogP contribution in [-0.2, 0) is 12.8 Å². The number of rotatable bonds is 8. The number of nitrogens with zero attached hydrogens (tertiary/aromatic N) is 3. The van der Waals surface area contributed by atoms with E-state index in [0.29, 0.717) is 5.82 Å². The standard InChI is InChI=1S/C26H32N4O/c1-31-25-20-22(10-11-23(25)24-8-5-9-26(27)28-24)13-15-30-18-16-29(17-19-30)14-12-21-6-3-2-4-7-21/h2-11,20H,12-19H2,1H3,(H2,27,28). The molecule has 31 heavy (non-hydrogen) atoms. The van der Waals surface area contributed by atoms with Crippen LogP contribution < -0.4 is 10.5 Å². The van der Waals surface area contributed by atoms with Crippen LogP contribution in [0.2, 0.25) is 0 Å². The normalized spacial score (nSPS) is 15.1. The summed E-state index contributed by atoms with van der Waals surface area (Å²) in [5, 5.41) is 0. The zero-order chi connectivity index (χ0) is 21.5. The first-order valence-electron chi connectivity index (χ1n) is 11.1. The van der Waals surface area contributed by atoms with Crippen molar-refractivity contribution in [2.45, 2.75) is 12.8 Å². The second-order valence-electron chi connectivity index (χ2n) is 8.15. The van der Waals surface area contributed by atoms with Crippen molar-refractivity contribution in [1.82, 2.24) is 14.8 Å². The Morgan fingerprint density at radius 3 is 2.13 bits per heavy atom. The molecule has 0 radical (unpaired) electrons. The topological polar surface area (TPSA) is 54.6 Å². The highest BCUT2D eigenvalue weighted by molar-refractivity contribution is 5.68. The van der Waals surface area contributed by atoms with Gasteiger partial charge in [-0.3, -0.25) is 0 Å². The third-order valence-electron chi connectivity index (χ3n) is 6.05. The second-order valence-corrected chi connectivity index (χ2v) is 8.15. The number of piperazine rings is 1. The molecule has 5 nitrogen and oxygen atoms in total. The molecule has 2 aromatic carbocycles. The summed E-state index contributed by atoms with van der Waals surface area (Å²) in [4.78, 5) is 9.58. The molecule has 1 fully saturated rings. The smallest absolute Gasteiger partial charge is 0.128 e. The third-order valence-corrected chi connectivity index (χ3v) is 6.05. The van der Waals surface area contributed by atoms with Gasteiger partial charge in [0.05, 0.1) is 12.8 Å². The fraction of sp³-hybridized carbons (Fsp3) is 0.346. The van der Waals surface area contributed by atoms with Crippen LogP contribution in [0.15, 0.2) is 66.7 Å². The van der Waals surface area contributed by atoms with E-state index in [0.717, 1.165) is 69.1 Å². The van der Waals surface area contributed by atoms with Gasteiger partial charge in [-0.25, -0.2) is 4.98 Å². The second kappa shape index (κ2) is 10.4. The van der Waals surface area contributed by atoms with E-state index in [9.17, 15) is 0 Å². The number of benzene rings is 2. The Bertz CT molecular complexity index is 968. The van der Waals surface area contributed by atoms with Crippen LogP contribution in [-0.4, -0.2) is 61.2 Å². The van der Waals surface area contributed by atoms with Crippen molar-refractivity contribution in [3.05, 3.63) is 77.9 Å². The molecule has 0 atom stereocenters. The average molecular weight is 417 g/mol. The first-order valence-corrected chi connectivity index (χ1v) is 11.1.